The molecule has 4 rings (SSSR count). The van der Waals surface area contributed by atoms with Crippen molar-refractivity contribution in [2.24, 2.45) is 9.98 Å². The molecule has 1 aliphatic carbocycles. The van der Waals surface area contributed by atoms with E-state index in [1.165, 1.54) is 25.7 Å². The van der Waals surface area contributed by atoms with E-state index in [1.54, 1.807) is 36.5 Å². The summed E-state index contributed by atoms with van der Waals surface area (Å²) in [5.74, 6) is 0.504. The van der Waals surface area contributed by atoms with Crippen LogP contribution in [-0.2, 0) is 0 Å². The Hall–Kier alpha value is -2.88. The van der Waals surface area contributed by atoms with Crippen LogP contribution in [0.1, 0.15) is 56.8 Å². The number of benzene rings is 1. The molecule has 1 aromatic heterocycles. The molecule has 1 N–H and O–H groups in total. The molecular weight excluding hydrogens is 484 g/mol. The number of aromatic nitrogens is 2. The van der Waals surface area contributed by atoms with Gasteiger partial charge in [-0.2, -0.15) is 0 Å². The van der Waals surface area contributed by atoms with E-state index in [-0.39, 0.29) is 0 Å². The monoisotopic (exact) mass is 524 g/mol. The van der Waals surface area contributed by atoms with E-state index in [0.29, 0.717) is 30.8 Å². The lowest BCUT2D eigenvalue weighted by molar-refractivity contribution is 0.112. The maximum atomic E-state index is 10.5. The molecule has 9 heteroatoms. The second-order valence-electron chi connectivity index (χ2n) is 8.26. The molecule has 1 saturated heterocycles. The van der Waals surface area contributed by atoms with Crippen LogP contribution in [0.4, 0.5) is 0 Å². The van der Waals surface area contributed by atoms with E-state index in [9.17, 15) is 4.79 Å². The Morgan fingerprint density at radius 2 is 2.00 bits per heavy atom. The number of hydrogen-bond donors (Lipinski definition) is 1. The molecule has 1 unspecified atom stereocenters. The lowest BCUT2D eigenvalue weighted by atomic mass is 10.1. The third-order valence-corrected chi connectivity index (χ3v) is 6.67. The average Bonchev–Trinajstić information content (AvgIpc) is 3.68. The van der Waals surface area contributed by atoms with Crippen LogP contribution in [-0.4, -0.2) is 72.2 Å². The fourth-order valence-electron chi connectivity index (χ4n) is 3.55. The summed E-state index contributed by atoms with van der Waals surface area (Å²) in [7, 11) is 2.14. The summed E-state index contributed by atoms with van der Waals surface area (Å²) in [5.41, 5.74) is 3.31. The van der Waals surface area contributed by atoms with Crippen molar-refractivity contribution >= 4 is 31.2 Å². The summed E-state index contributed by atoms with van der Waals surface area (Å²) in [6, 6.07) is 7.59. The second-order valence-corrected chi connectivity index (χ2v) is 9.45. The fourth-order valence-corrected chi connectivity index (χ4v) is 4.31. The van der Waals surface area contributed by atoms with Crippen molar-refractivity contribution in [2.45, 2.75) is 57.7 Å². The van der Waals surface area contributed by atoms with Crippen LogP contribution in [0.3, 0.4) is 0 Å². The number of likely N-dealkylation sites (tertiary alicyclic amines) is 1. The summed E-state index contributed by atoms with van der Waals surface area (Å²) in [6.45, 7) is 11.9. The number of rotatable bonds is 11. The molecule has 0 bridgehead atoms. The van der Waals surface area contributed by atoms with Crippen molar-refractivity contribution in [3.05, 3.63) is 54.0 Å². The number of aliphatic imine (C=N–C) groups is 2. The molecule has 1 atom stereocenters. The zero-order valence-electron chi connectivity index (χ0n) is 22.5. The van der Waals surface area contributed by atoms with E-state index in [1.807, 2.05) is 45.2 Å². The van der Waals surface area contributed by atoms with Crippen molar-refractivity contribution in [1.82, 2.24) is 19.6 Å². The smallest absolute Gasteiger partial charge is 0.232 e. The third kappa shape index (κ3) is 11.0. The number of likely N-dealkylation sites (N-methyl/N-ethyl adjacent to an activating group) is 1. The average molecular weight is 525 g/mol. The van der Waals surface area contributed by atoms with Crippen molar-refractivity contribution in [3.8, 4) is 17.1 Å². The number of carbonyl (C=O) groups is 1. The van der Waals surface area contributed by atoms with Gasteiger partial charge in [0, 0.05) is 22.6 Å². The molecule has 200 valence electrons. The molecule has 0 radical (unpaired) electrons. The Balaban J connectivity index is 0.000000244. The largest absolute Gasteiger partial charge is 0.477 e. The highest BCUT2D eigenvalue weighted by molar-refractivity contribution is 7.98. The molecular formula is C28H40N6O2S. The van der Waals surface area contributed by atoms with Crippen LogP contribution >= 0.6 is 11.9 Å². The first-order valence-corrected chi connectivity index (χ1v) is 13.8. The first-order chi connectivity index (χ1) is 18.1. The third-order valence-electron chi connectivity index (χ3n) is 5.57. The SMILES string of the molecule is C=N/C(=C\C=N/CNSC1CC1)C1CCCN1C.CC.CCOc1cncc(-c2ccc(C=O)cc2)n1. The molecule has 1 aromatic carbocycles. The van der Waals surface area contributed by atoms with Crippen LogP contribution in [0.15, 0.2) is 58.4 Å². The van der Waals surface area contributed by atoms with Gasteiger partial charge in [-0.15, -0.1) is 0 Å². The fraction of sp³-hybridized carbons (Fsp3) is 0.464. The molecule has 2 aliphatic rings. The zero-order valence-corrected chi connectivity index (χ0v) is 23.3. The van der Waals surface area contributed by atoms with Gasteiger partial charge in [0.1, 0.15) is 6.29 Å². The minimum Gasteiger partial charge on any atom is -0.477 e. The predicted molar refractivity (Wildman–Crippen MR) is 156 cm³/mol. The summed E-state index contributed by atoms with van der Waals surface area (Å²) >= 11 is 1.80. The van der Waals surface area contributed by atoms with Gasteiger partial charge in [-0.1, -0.05) is 50.1 Å². The number of nitrogens with zero attached hydrogens (tertiary/aromatic N) is 5. The van der Waals surface area contributed by atoms with Gasteiger partial charge in [-0.3, -0.25) is 24.7 Å². The highest BCUT2D eigenvalue weighted by atomic mass is 32.2. The van der Waals surface area contributed by atoms with Crippen LogP contribution in [0.25, 0.3) is 11.3 Å². The van der Waals surface area contributed by atoms with Crippen molar-refractivity contribution in [3.63, 3.8) is 0 Å². The number of ether oxygens (including phenoxy) is 1. The summed E-state index contributed by atoms with van der Waals surface area (Å²) in [4.78, 5) is 29.7. The van der Waals surface area contributed by atoms with Crippen LogP contribution in [0, 0.1) is 0 Å². The predicted octanol–water partition coefficient (Wildman–Crippen LogP) is 5.47. The number of carbonyl (C=O) groups excluding carboxylic acids is 1. The molecule has 0 amide bonds. The Labute approximate surface area is 225 Å². The van der Waals surface area contributed by atoms with Crippen molar-refractivity contribution in [1.29, 1.82) is 0 Å². The van der Waals surface area contributed by atoms with Crippen LogP contribution in [0.2, 0.25) is 0 Å². The van der Waals surface area contributed by atoms with Crippen LogP contribution in [0.5, 0.6) is 5.88 Å². The van der Waals surface area contributed by atoms with Gasteiger partial charge in [0.25, 0.3) is 0 Å². The maximum absolute atomic E-state index is 10.5. The quantitative estimate of drug-likeness (QED) is 0.180. The van der Waals surface area contributed by atoms with Gasteiger partial charge in [-0.25, -0.2) is 9.71 Å². The van der Waals surface area contributed by atoms with Crippen LogP contribution < -0.4 is 9.46 Å². The second kappa shape index (κ2) is 17.6. The van der Waals surface area contributed by atoms with E-state index in [2.05, 4.69) is 43.3 Å². The van der Waals surface area contributed by atoms with E-state index >= 15 is 0 Å². The Kier molecular flexibility index (Phi) is 14.4. The highest BCUT2D eigenvalue weighted by Crippen LogP contribution is 2.31. The zero-order chi connectivity index (χ0) is 26.9. The van der Waals surface area contributed by atoms with Gasteiger partial charge in [0.15, 0.2) is 0 Å². The van der Waals surface area contributed by atoms with Gasteiger partial charge in [0.05, 0.1) is 43.1 Å². The molecule has 1 saturated carbocycles. The van der Waals surface area contributed by atoms with Gasteiger partial charge < -0.3 is 4.74 Å². The van der Waals surface area contributed by atoms with Gasteiger partial charge in [0.2, 0.25) is 5.88 Å². The van der Waals surface area contributed by atoms with Crippen molar-refractivity contribution in [2.75, 3.05) is 26.9 Å². The highest BCUT2D eigenvalue weighted by Gasteiger charge is 2.23. The lowest BCUT2D eigenvalue weighted by Crippen LogP contribution is -2.26. The van der Waals surface area contributed by atoms with Gasteiger partial charge in [-0.05, 0) is 59.0 Å². The molecule has 8 nitrogen and oxygen atoms in total. The molecule has 2 fully saturated rings. The first-order valence-electron chi connectivity index (χ1n) is 12.9. The normalized spacial score (nSPS) is 17.4. The Bertz CT molecular complexity index is 1010. The topological polar surface area (TPSA) is 92.1 Å². The Morgan fingerprint density at radius 3 is 2.59 bits per heavy atom. The number of hydrogen-bond acceptors (Lipinski definition) is 9. The maximum Gasteiger partial charge on any atom is 0.232 e. The van der Waals surface area contributed by atoms with Gasteiger partial charge >= 0.3 is 0 Å². The summed E-state index contributed by atoms with van der Waals surface area (Å²) in [5, 5.41) is 0.827. The lowest BCUT2D eigenvalue weighted by Gasteiger charge is -2.19. The number of nitrogens with one attached hydrogen (secondary N) is 1. The molecule has 2 heterocycles. The number of aldehydes is 1. The summed E-state index contributed by atoms with van der Waals surface area (Å²) < 4.78 is 8.53. The summed E-state index contributed by atoms with van der Waals surface area (Å²) in [6.07, 6.45) is 13.0. The first kappa shape index (κ1) is 30.3. The van der Waals surface area contributed by atoms with Crippen molar-refractivity contribution < 1.29 is 9.53 Å². The number of allylic oxidation sites excluding steroid dienone is 1. The minimum atomic E-state index is 0.419. The minimum absolute atomic E-state index is 0.419. The molecule has 0 spiro atoms. The van der Waals surface area contributed by atoms with E-state index in [0.717, 1.165) is 35.0 Å². The molecule has 2 aromatic rings. The molecule has 37 heavy (non-hydrogen) atoms. The standard InChI is InChI=1S/C13H22N4S.C13H12N2O2.C2H6/c1-14-12(13-4-3-9-17(13)2)7-8-15-10-16-18-11-5-6-11;1-2-17-13-8-14-7-12(15-13)11-5-3-10(9-16)4-6-11;1-2/h7-8,11,13,16H,1,3-6,9-10H2,2H3;3-9H,2H2,1H3;1-2H3/b12-7-,15-8-;;. The van der Waals surface area contributed by atoms with E-state index in [4.69, 9.17) is 4.74 Å². The molecule has 1 aliphatic heterocycles. The van der Waals surface area contributed by atoms with E-state index < -0.39 is 0 Å². The Morgan fingerprint density at radius 1 is 1.24 bits per heavy atom.